The van der Waals surface area contributed by atoms with Crippen molar-refractivity contribution in [1.29, 1.82) is 0 Å². The maximum absolute atomic E-state index is 11.4. The number of carbonyl (C=O) groups is 1. The number of pyridine rings is 2. The number of nitrogens with zero attached hydrogens (tertiary/aromatic N) is 5. The number of carboxylic acid groups (broad SMARTS) is 1. The topological polar surface area (TPSA) is 104 Å². The summed E-state index contributed by atoms with van der Waals surface area (Å²) < 4.78 is 1.76. The average Bonchev–Trinajstić information content (AvgIpc) is 3.26. The van der Waals surface area contributed by atoms with Gasteiger partial charge in [-0.15, -0.1) is 0 Å². The third-order valence-electron chi connectivity index (χ3n) is 6.30. The van der Waals surface area contributed by atoms with Crippen molar-refractivity contribution in [2.24, 2.45) is 5.92 Å². The molecule has 174 valence electrons. The summed E-state index contributed by atoms with van der Waals surface area (Å²) in [6, 6.07) is 15.7. The highest BCUT2D eigenvalue weighted by Crippen LogP contribution is 2.37. The smallest absolute Gasteiger partial charge is 0.310 e. The van der Waals surface area contributed by atoms with Crippen LogP contribution >= 0.6 is 0 Å². The average molecular weight is 458 g/mol. The van der Waals surface area contributed by atoms with Crippen LogP contribution in [0.5, 0.6) is 0 Å². The van der Waals surface area contributed by atoms with Crippen molar-refractivity contribution in [3.05, 3.63) is 66.1 Å². The fourth-order valence-electron chi connectivity index (χ4n) is 4.34. The first-order valence-electron chi connectivity index (χ1n) is 11.6. The molecule has 0 bridgehead atoms. The number of aliphatic carboxylic acids is 1. The molecule has 0 aliphatic carbocycles. The van der Waals surface area contributed by atoms with Crippen molar-refractivity contribution in [1.82, 2.24) is 19.7 Å². The Hall–Kier alpha value is -3.78. The summed E-state index contributed by atoms with van der Waals surface area (Å²) in [4.78, 5) is 22.9. The highest BCUT2D eigenvalue weighted by atomic mass is 16.4. The molecule has 1 aliphatic rings. The van der Waals surface area contributed by atoms with E-state index in [0.29, 0.717) is 24.6 Å². The molecule has 4 aromatic rings. The van der Waals surface area contributed by atoms with Crippen molar-refractivity contribution >= 4 is 22.6 Å². The van der Waals surface area contributed by atoms with Crippen molar-refractivity contribution in [2.75, 3.05) is 18.0 Å². The van der Waals surface area contributed by atoms with Gasteiger partial charge in [-0.2, -0.15) is 5.10 Å². The van der Waals surface area contributed by atoms with Crippen LogP contribution in [0.25, 0.3) is 28.0 Å². The number of anilines is 1. The van der Waals surface area contributed by atoms with Crippen LogP contribution in [0.2, 0.25) is 0 Å². The molecule has 0 amide bonds. The highest BCUT2D eigenvalue weighted by Gasteiger charge is 2.34. The lowest BCUT2D eigenvalue weighted by Crippen LogP contribution is -2.50. The number of aryl methyl sites for hydroxylation is 1. The number of aromatic nitrogens is 4. The molecule has 1 saturated heterocycles. The van der Waals surface area contributed by atoms with Gasteiger partial charge in [-0.3, -0.25) is 9.78 Å². The van der Waals surface area contributed by atoms with E-state index in [1.165, 1.54) is 0 Å². The van der Waals surface area contributed by atoms with E-state index >= 15 is 0 Å². The van der Waals surface area contributed by atoms with Crippen molar-refractivity contribution in [3.8, 4) is 17.1 Å². The lowest BCUT2D eigenvalue weighted by atomic mass is 9.97. The van der Waals surface area contributed by atoms with Crippen LogP contribution in [0.3, 0.4) is 0 Å². The molecule has 8 heteroatoms. The maximum atomic E-state index is 11.4. The second kappa shape index (κ2) is 9.23. The molecule has 0 radical (unpaired) electrons. The summed E-state index contributed by atoms with van der Waals surface area (Å²) >= 11 is 0. The number of aliphatic hydroxyl groups is 1. The Kier molecular flexibility index (Phi) is 5.98. The van der Waals surface area contributed by atoms with Gasteiger partial charge in [0.2, 0.25) is 0 Å². The van der Waals surface area contributed by atoms with E-state index < -0.39 is 5.97 Å². The second-order valence-electron chi connectivity index (χ2n) is 8.69. The molecule has 1 aromatic carbocycles. The van der Waals surface area contributed by atoms with Gasteiger partial charge in [0.1, 0.15) is 0 Å². The van der Waals surface area contributed by atoms with Gasteiger partial charge < -0.3 is 15.1 Å². The largest absolute Gasteiger partial charge is 0.481 e. The summed E-state index contributed by atoms with van der Waals surface area (Å²) in [5, 5.41) is 24.4. The minimum absolute atomic E-state index is 0.150. The van der Waals surface area contributed by atoms with E-state index in [4.69, 9.17) is 4.98 Å². The van der Waals surface area contributed by atoms with E-state index in [1.807, 2.05) is 24.3 Å². The fourth-order valence-corrected chi connectivity index (χ4v) is 4.34. The molecule has 0 atom stereocenters. The zero-order valence-electron chi connectivity index (χ0n) is 19.1. The first-order chi connectivity index (χ1) is 16.6. The molecular weight excluding hydrogens is 430 g/mol. The summed E-state index contributed by atoms with van der Waals surface area (Å²) in [5.74, 6) is -0.525. The Morgan fingerprint density at radius 3 is 2.65 bits per heavy atom. The van der Waals surface area contributed by atoms with Gasteiger partial charge in [0.25, 0.3) is 0 Å². The van der Waals surface area contributed by atoms with E-state index in [1.54, 1.807) is 16.9 Å². The van der Waals surface area contributed by atoms with E-state index in [2.05, 4.69) is 40.1 Å². The van der Waals surface area contributed by atoms with Gasteiger partial charge in [0, 0.05) is 35.4 Å². The van der Waals surface area contributed by atoms with Gasteiger partial charge in [-0.25, -0.2) is 9.67 Å². The number of benzene rings is 1. The standard InChI is InChI=1S/C26H27N5O3/c1-2-3-6-19-7-4-9-22(28-19)17-11-23(30-14-18(15-30)26(33)34)21-13-27-31(24(21)12-17)25-10-5-8-20(16-32)29-25/h4-5,7-13,18,32H,2-3,6,14-16H2,1H3,(H,33,34). The number of fused-ring (bicyclic) bond motifs is 1. The van der Waals surface area contributed by atoms with Crippen LogP contribution in [0.1, 0.15) is 31.2 Å². The van der Waals surface area contributed by atoms with Crippen molar-refractivity contribution in [3.63, 3.8) is 0 Å². The molecule has 0 saturated carbocycles. The van der Waals surface area contributed by atoms with Crippen LogP contribution < -0.4 is 4.90 Å². The van der Waals surface area contributed by atoms with E-state index in [-0.39, 0.29) is 12.5 Å². The molecule has 5 rings (SSSR count). The molecule has 4 heterocycles. The zero-order valence-corrected chi connectivity index (χ0v) is 19.1. The minimum atomic E-state index is -0.769. The van der Waals surface area contributed by atoms with Gasteiger partial charge in [0.15, 0.2) is 5.82 Å². The van der Waals surface area contributed by atoms with Crippen LogP contribution in [-0.4, -0.2) is 49.0 Å². The first kappa shape index (κ1) is 22.0. The zero-order chi connectivity index (χ0) is 23.7. The Bertz CT molecular complexity index is 1340. The van der Waals surface area contributed by atoms with Gasteiger partial charge in [0.05, 0.1) is 35.6 Å². The number of rotatable bonds is 8. The highest BCUT2D eigenvalue weighted by molar-refractivity contribution is 5.97. The lowest BCUT2D eigenvalue weighted by Gasteiger charge is -2.39. The molecule has 1 aliphatic heterocycles. The number of hydrogen-bond acceptors (Lipinski definition) is 6. The molecular formula is C26H27N5O3. The summed E-state index contributed by atoms with van der Waals surface area (Å²) in [7, 11) is 0. The van der Waals surface area contributed by atoms with Crippen LogP contribution in [0, 0.1) is 5.92 Å². The Balaban J connectivity index is 1.63. The summed E-state index contributed by atoms with van der Waals surface area (Å²) in [5.41, 5.74) is 5.23. The summed E-state index contributed by atoms with van der Waals surface area (Å²) in [6.45, 7) is 2.94. The summed E-state index contributed by atoms with van der Waals surface area (Å²) in [6.07, 6.45) is 4.92. The van der Waals surface area contributed by atoms with Crippen LogP contribution in [0.4, 0.5) is 5.69 Å². The SMILES string of the molecule is CCCCc1cccc(-c2cc(N3CC(C(=O)O)C3)c3cnn(-c4cccc(CO)n4)c3c2)n1. The number of hydrogen-bond donors (Lipinski definition) is 2. The fraction of sp³-hybridized carbons (Fsp3) is 0.308. The number of unbranched alkanes of at least 4 members (excludes halogenated alkanes) is 1. The predicted octanol–water partition coefficient (Wildman–Crippen LogP) is 3.84. The number of aliphatic hydroxyl groups excluding tert-OH is 1. The Morgan fingerprint density at radius 2 is 1.88 bits per heavy atom. The molecule has 3 aromatic heterocycles. The molecule has 0 unspecified atom stereocenters. The molecule has 8 nitrogen and oxygen atoms in total. The van der Waals surface area contributed by atoms with Crippen LogP contribution in [-0.2, 0) is 17.8 Å². The van der Waals surface area contributed by atoms with Crippen molar-refractivity contribution in [2.45, 2.75) is 32.8 Å². The monoisotopic (exact) mass is 457 g/mol. The maximum Gasteiger partial charge on any atom is 0.310 e. The van der Waals surface area contributed by atoms with Crippen LogP contribution in [0.15, 0.2) is 54.7 Å². The molecule has 34 heavy (non-hydrogen) atoms. The van der Waals surface area contributed by atoms with E-state index in [0.717, 1.165) is 52.8 Å². The van der Waals surface area contributed by atoms with Crippen molar-refractivity contribution < 1.29 is 15.0 Å². The Labute approximate surface area is 197 Å². The minimum Gasteiger partial charge on any atom is -0.481 e. The van der Waals surface area contributed by atoms with Gasteiger partial charge in [-0.05, 0) is 49.2 Å². The quantitative estimate of drug-likeness (QED) is 0.414. The number of carboxylic acids is 1. The molecule has 1 fully saturated rings. The third kappa shape index (κ3) is 4.12. The normalized spacial score (nSPS) is 13.9. The first-order valence-corrected chi connectivity index (χ1v) is 11.6. The lowest BCUT2D eigenvalue weighted by molar-refractivity contribution is -0.142. The van der Waals surface area contributed by atoms with Gasteiger partial charge in [-0.1, -0.05) is 25.5 Å². The second-order valence-corrected chi connectivity index (χ2v) is 8.69. The predicted molar refractivity (Wildman–Crippen MR) is 130 cm³/mol. The molecule has 2 N–H and O–H groups in total. The molecule has 0 spiro atoms. The van der Waals surface area contributed by atoms with Gasteiger partial charge >= 0.3 is 5.97 Å². The Morgan fingerprint density at radius 1 is 1.09 bits per heavy atom. The van der Waals surface area contributed by atoms with E-state index in [9.17, 15) is 15.0 Å². The third-order valence-corrected chi connectivity index (χ3v) is 6.30.